The maximum atomic E-state index is 13.6. The van der Waals surface area contributed by atoms with Gasteiger partial charge >= 0.3 is 0 Å². The Kier molecular flexibility index (Phi) is 21.6. The van der Waals surface area contributed by atoms with E-state index >= 15 is 0 Å². The van der Waals surface area contributed by atoms with E-state index in [9.17, 15) is 30.7 Å². The lowest BCUT2D eigenvalue weighted by Crippen LogP contribution is -2.44. The van der Waals surface area contributed by atoms with Gasteiger partial charge < -0.3 is 33.1 Å². The lowest BCUT2D eigenvalue weighted by molar-refractivity contribution is -0.130. The number of aryl methyl sites for hydroxylation is 2. The van der Waals surface area contributed by atoms with Crippen molar-refractivity contribution in [3.63, 3.8) is 0 Å². The highest BCUT2D eigenvalue weighted by molar-refractivity contribution is 7.87. The summed E-state index contributed by atoms with van der Waals surface area (Å²) in [5.41, 5.74) is 8.20. The molecule has 2 fully saturated rings. The second kappa shape index (κ2) is 28.6. The highest BCUT2D eigenvalue weighted by Crippen LogP contribution is 2.68. The Hall–Kier alpha value is -8.53. The minimum Gasteiger partial charge on any atom is -0.747 e. The molecule has 2 aliphatic rings. The molecule has 0 heterocycles. The first-order valence-electron chi connectivity index (χ1n) is 33.9. The number of benzene rings is 9. The molecule has 11 rings (SSSR count). The molecule has 0 radical (unpaired) electrons. The highest BCUT2D eigenvalue weighted by atomic mass is 32.2. The summed E-state index contributed by atoms with van der Waals surface area (Å²) in [5.74, 6) is 2.77. The summed E-state index contributed by atoms with van der Waals surface area (Å²) >= 11 is 0. The van der Waals surface area contributed by atoms with Gasteiger partial charge in [0.15, 0.2) is 0 Å². The third kappa shape index (κ3) is 15.6. The van der Waals surface area contributed by atoms with Gasteiger partial charge in [0.2, 0.25) is 0 Å². The van der Waals surface area contributed by atoms with E-state index in [4.69, 9.17) is 14.2 Å². The Morgan fingerprint density at radius 3 is 0.909 bits per heavy atom. The first-order chi connectivity index (χ1) is 46.3. The smallest absolute Gasteiger partial charge is 0.139 e. The molecule has 14 heteroatoms. The molecule has 2 atom stereocenters. The molecule has 99 heavy (non-hydrogen) atoms. The van der Waals surface area contributed by atoms with Gasteiger partial charge in [-0.1, -0.05) is 195 Å². The lowest BCUT2D eigenvalue weighted by Gasteiger charge is -2.46. The Balaban J connectivity index is 0.000000174. The molecule has 9 aromatic carbocycles. The molecule has 0 aromatic heterocycles. The predicted molar refractivity (Wildman–Crippen MR) is 399 cm³/mol. The van der Waals surface area contributed by atoms with Gasteiger partial charge in [-0.25, -0.2) is 16.8 Å². The van der Waals surface area contributed by atoms with Gasteiger partial charge in [-0.05, 0) is 217 Å². The molecule has 0 amide bonds. The summed E-state index contributed by atoms with van der Waals surface area (Å²) < 4.78 is 92.9. The molecule has 2 saturated carbocycles. The molecule has 0 N–H and O–H groups in total. The molecule has 0 saturated heterocycles. The molecular formula is C85H98N2O10S2-2. The van der Waals surface area contributed by atoms with Crippen LogP contribution in [0.3, 0.4) is 0 Å². The van der Waals surface area contributed by atoms with E-state index < -0.39 is 46.5 Å². The molecular weight excluding hydrogens is 1270 g/mol. The summed E-state index contributed by atoms with van der Waals surface area (Å²) in [6, 6.07) is 72.0. The van der Waals surface area contributed by atoms with E-state index in [2.05, 4.69) is 106 Å². The fraction of sp³-hybridized carbons (Fsp3) is 0.353. The van der Waals surface area contributed by atoms with Crippen molar-refractivity contribution in [1.82, 2.24) is 0 Å². The number of carbonyl (C=O) groups is 1. The SMILES string of the molecule is CN(C)c1ccc(C(c2ccc(OC(C)(C)C)cc2)(c2ccc(N(C)C)cc2)S(=O)(=O)[O-])cc1.Cc1ccc(C(CC23CCC(CC2=O)C3(C)C)(c2ccccc2)c2ccccc2)cc1.Cc1ccc(C(c2ccc(OC(C)(C)C)cc2)(c2ccc(OC(C)(C)C)cc2)S(=O)(=O)[O-])cc1. The largest absolute Gasteiger partial charge is 0.747 e. The second-order valence-electron chi connectivity index (χ2n) is 30.6. The maximum absolute atomic E-state index is 13.6. The number of fused-ring (bicyclic) bond motifs is 2. The van der Waals surface area contributed by atoms with Crippen molar-refractivity contribution in [3.8, 4) is 17.2 Å². The van der Waals surface area contributed by atoms with Crippen LogP contribution in [-0.2, 0) is 39.9 Å². The normalized spacial score (nSPS) is 16.4. The van der Waals surface area contributed by atoms with Crippen LogP contribution >= 0.6 is 0 Å². The summed E-state index contributed by atoms with van der Waals surface area (Å²) in [6.07, 6.45) is 3.77. The van der Waals surface area contributed by atoms with Crippen LogP contribution in [0.4, 0.5) is 11.4 Å². The number of carbonyl (C=O) groups excluding carboxylic acids is 1. The molecule has 522 valence electrons. The van der Waals surface area contributed by atoms with Gasteiger partial charge in [-0.3, -0.25) is 4.79 Å². The van der Waals surface area contributed by atoms with Crippen molar-refractivity contribution in [2.45, 2.75) is 147 Å². The molecule has 12 nitrogen and oxygen atoms in total. The van der Waals surface area contributed by atoms with Crippen LogP contribution < -0.4 is 24.0 Å². The predicted octanol–water partition coefficient (Wildman–Crippen LogP) is 18.1. The van der Waals surface area contributed by atoms with Gasteiger partial charge in [0, 0.05) is 56.8 Å². The highest BCUT2D eigenvalue weighted by Gasteiger charge is 2.66. The van der Waals surface area contributed by atoms with Gasteiger partial charge in [0.1, 0.15) is 69.6 Å². The molecule has 0 spiro atoms. The number of Topliss-reactive ketones (excluding diaryl/α,β-unsaturated/α-hetero) is 1. The number of anilines is 2. The lowest BCUT2D eigenvalue weighted by atomic mass is 9.55. The standard InChI is InChI=1S/C30H32O.C28H34O5S.C27H34N2O4S/c1-22-14-16-25(17-15-22)30(23-10-6-4-7-11-23,24-12-8-5-9-13-24)21-29-19-18-26(20-27(29)31)28(29,2)3;1-20-8-10-21(11-9-20)28(34(29,30)31,22-12-16-24(17-13-22)32-26(2,3)4)23-14-18-25(19-15-23)33-27(5,6)7;1-26(2,3)33-25-18-12-22(13-19-25)27(34(30,31)32,20-8-14-23(15-9-20)28(4)5)21-10-16-24(17-11-21)29(6)7/h4-17,26H,18-21H2,1-3H3;8-19H,1-7H3,(H,29,30,31);8-19H,1-7H3,(H,30,31,32)/p-2. The third-order valence-corrected chi connectivity index (χ3v) is 22.5. The average molecular weight is 1370 g/mol. The third-order valence-electron chi connectivity index (χ3n) is 19.6. The molecule has 9 aromatic rings. The second-order valence-corrected chi connectivity index (χ2v) is 33.6. The summed E-state index contributed by atoms with van der Waals surface area (Å²) in [4.78, 5) is 17.4. The van der Waals surface area contributed by atoms with Crippen LogP contribution in [0.5, 0.6) is 17.2 Å². The van der Waals surface area contributed by atoms with Crippen LogP contribution in [0.1, 0.15) is 163 Å². The van der Waals surface area contributed by atoms with E-state index in [1.807, 2.05) is 144 Å². The van der Waals surface area contributed by atoms with Crippen LogP contribution in [-0.4, -0.2) is 76.7 Å². The van der Waals surface area contributed by atoms with E-state index in [-0.39, 0.29) is 16.2 Å². The zero-order valence-electron chi connectivity index (χ0n) is 60.6. The molecule has 2 aliphatic carbocycles. The molecule has 2 unspecified atom stereocenters. The van der Waals surface area contributed by atoms with E-state index in [0.717, 1.165) is 36.2 Å². The fourth-order valence-corrected chi connectivity index (χ4v) is 17.3. The van der Waals surface area contributed by atoms with Crippen molar-refractivity contribution in [2.75, 3.05) is 38.0 Å². The van der Waals surface area contributed by atoms with Crippen molar-refractivity contribution < 1.29 is 44.9 Å². The van der Waals surface area contributed by atoms with Crippen LogP contribution in [0.25, 0.3) is 0 Å². The topological polar surface area (TPSA) is 166 Å². The van der Waals surface area contributed by atoms with Crippen LogP contribution in [0, 0.1) is 30.6 Å². The Morgan fingerprint density at radius 2 is 0.667 bits per heavy atom. The van der Waals surface area contributed by atoms with Crippen molar-refractivity contribution in [3.05, 3.63) is 292 Å². The average Bonchev–Trinajstić information content (AvgIpc) is 1.60. The van der Waals surface area contributed by atoms with Crippen molar-refractivity contribution >= 4 is 37.4 Å². The Morgan fingerprint density at radius 1 is 0.404 bits per heavy atom. The number of hydrogen-bond donors (Lipinski definition) is 0. The van der Waals surface area contributed by atoms with Gasteiger partial charge in [0.05, 0.1) is 0 Å². The number of ether oxygens (including phenoxy) is 3. The Bertz CT molecular complexity index is 4270. The first kappa shape index (κ1) is 74.7. The van der Waals surface area contributed by atoms with Gasteiger partial charge in [-0.15, -0.1) is 0 Å². The Labute approximate surface area is 589 Å². The minimum absolute atomic E-state index is 0.0313. The van der Waals surface area contributed by atoms with Crippen molar-refractivity contribution in [1.29, 1.82) is 0 Å². The van der Waals surface area contributed by atoms with Gasteiger partial charge in [-0.2, -0.15) is 0 Å². The fourth-order valence-electron chi connectivity index (χ4n) is 14.7. The van der Waals surface area contributed by atoms with E-state index in [1.165, 1.54) is 28.7 Å². The minimum atomic E-state index is -4.93. The van der Waals surface area contributed by atoms with Gasteiger partial charge in [0.25, 0.3) is 0 Å². The number of hydrogen-bond acceptors (Lipinski definition) is 12. The number of rotatable bonds is 18. The number of ketones is 1. The van der Waals surface area contributed by atoms with Crippen molar-refractivity contribution in [2.24, 2.45) is 16.7 Å². The maximum Gasteiger partial charge on any atom is 0.139 e. The van der Waals surface area contributed by atoms with E-state index in [1.54, 1.807) is 109 Å². The monoisotopic (exact) mass is 1370 g/mol. The zero-order valence-corrected chi connectivity index (χ0v) is 62.3. The van der Waals surface area contributed by atoms with E-state index in [0.29, 0.717) is 62.3 Å². The summed E-state index contributed by atoms with van der Waals surface area (Å²) in [5, 5.41) is 0. The van der Waals surface area contributed by atoms with Crippen LogP contribution in [0.15, 0.2) is 231 Å². The summed E-state index contributed by atoms with van der Waals surface area (Å²) in [6.45, 7) is 26.2. The quantitative estimate of drug-likeness (QED) is 0.0590. The van der Waals surface area contributed by atoms with Crippen LogP contribution in [0.2, 0.25) is 0 Å². The molecule has 0 aliphatic heterocycles. The first-order valence-corrected chi connectivity index (χ1v) is 36.7. The zero-order chi connectivity index (χ0) is 72.4. The summed E-state index contributed by atoms with van der Waals surface area (Å²) in [7, 11) is -2.23. The number of nitrogens with zero attached hydrogens (tertiary/aromatic N) is 2. The molecule has 2 bridgehead atoms.